The van der Waals surface area contributed by atoms with E-state index in [1.54, 1.807) is 12.1 Å². The fourth-order valence-corrected chi connectivity index (χ4v) is 2.92. The first-order valence-electron chi connectivity index (χ1n) is 7.29. The number of aromatic nitrogens is 4. The summed E-state index contributed by atoms with van der Waals surface area (Å²) in [7, 11) is 0. The maximum absolute atomic E-state index is 13.6. The number of hydrogen-bond donors (Lipinski definition) is 1. The largest absolute Gasteiger partial charge is 0.396 e. The van der Waals surface area contributed by atoms with Gasteiger partial charge in [0.1, 0.15) is 5.82 Å². The Labute approximate surface area is 123 Å². The van der Waals surface area contributed by atoms with Gasteiger partial charge < -0.3 is 5.73 Å². The van der Waals surface area contributed by atoms with E-state index in [-0.39, 0.29) is 11.7 Å². The van der Waals surface area contributed by atoms with Crippen molar-refractivity contribution in [1.82, 2.24) is 20.2 Å². The highest BCUT2D eigenvalue weighted by Gasteiger charge is 2.29. The van der Waals surface area contributed by atoms with Crippen molar-refractivity contribution >= 4 is 5.69 Å². The number of rotatable bonds is 2. The monoisotopic (exact) mass is 289 g/mol. The lowest BCUT2D eigenvalue weighted by Crippen LogP contribution is -2.24. The molecule has 1 aliphatic rings. The number of tetrazole rings is 1. The van der Waals surface area contributed by atoms with Crippen molar-refractivity contribution in [2.24, 2.45) is 5.41 Å². The predicted octanol–water partition coefficient (Wildman–Crippen LogP) is 3.20. The standard InChI is InChI=1S/C15H20FN5/c1-15(2)7-5-11(6-8-15)21-14(18-19-20-21)10-3-4-13(17)12(16)9-10/h3-4,9,11H,5-8,17H2,1-2H3. The summed E-state index contributed by atoms with van der Waals surface area (Å²) in [5, 5.41) is 12.0. The molecule has 0 unspecified atom stereocenters. The number of benzene rings is 1. The molecule has 3 rings (SSSR count). The molecule has 0 amide bonds. The minimum atomic E-state index is -0.438. The van der Waals surface area contributed by atoms with Gasteiger partial charge in [-0.3, -0.25) is 0 Å². The second-order valence-corrected chi connectivity index (χ2v) is 6.58. The fourth-order valence-electron chi connectivity index (χ4n) is 2.92. The molecule has 0 saturated heterocycles. The molecule has 1 aromatic heterocycles. The number of halogens is 1. The van der Waals surface area contributed by atoms with Gasteiger partial charge in [-0.25, -0.2) is 9.07 Å². The van der Waals surface area contributed by atoms with Gasteiger partial charge in [0.05, 0.1) is 11.7 Å². The summed E-state index contributed by atoms with van der Waals surface area (Å²) in [5.41, 5.74) is 6.71. The van der Waals surface area contributed by atoms with Gasteiger partial charge in [-0.05, 0) is 59.7 Å². The highest BCUT2D eigenvalue weighted by Crippen LogP contribution is 2.40. The number of nitrogens with two attached hydrogens (primary N) is 1. The highest BCUT2D eigenvalue weighted by atomic mass is 19.1. The summed E-state index contributed by atoms with van der Waals surface area (Å²) in [5.74, 6) is 0.172. The van der Waals surface area contributed by atoms with Crippen LogP contribution in [0.2, 0.25) is 0 Å². The first kappa shape index (κ1) is 14.0. The summed E-state index contributed by atoms with van der Waals surface area (Å²) in [4.78, 5) is 0. The van der Waals surface area contributed by atoms with E-state index in [0.717, 1.165) is 25.7 Å². The molecule has 0 atom stereocenters. The van der Waals surface area contributed by atoms with E-state index in [4.69, 9.17) is 5.73 Å². The topological polar surface area (TPSA) is 69.6 Å². The smallest absolute Gasteiger partial charge is 0.182 e. The Balaban J connectivity index is 1.89. The molecule has 1 aliphatic carbocycles. The zero-order chi connectivity index (χ0) is 15.0. The average Bonchev–Trinajstić information content (AvgIpc) is 2.91. The molecule has 1 aromatic carbocycles. The fraction of sp³-hybridized carbons (Fsp3) is 0.533. The molecule has 0 spiro atoms. The minimum Gasteiger partial charge on any atom is -0.396 e. The van der Waals surface area contributed by atoms with E-state index in [1.807, 2.05) is 4.68 Å². The van der Waals surface area contributed by atoms with Crippen molar-refractivity contribution in [3.05, 3.63) is 24.0 Å². The van der Waals surface area contributed by atoms with Crippen LogP contribution in [0.3, 0.4) is 0 Å². The zero-order valence-electron chi connectivity index (χ0n) is 12.4. The van der Waals surface area contributed by atoms with E-state index in [2.05, 4.69) is 29.4 Å². The van der Waals surface area contributed by atoms with E-state index < -0.39 is 5.82 Å². The van der Waals surface area contributed by atoms with Gasteiger partial charge in [0.15, 0.2) is 5.82 Å². The molecule has 0 radical (unpaired) electrons. The van der Waals surface area contributed by atoms with Gasteiger partial charge in [0.25, 0.3) is 0 Å². The van der Waals surface area contributed by atoms with Gasteiger partial charge in [-0.2, -0.15) is 0 Å². The minimum absolute atomic E-state index is 0.136. The predicted molar refractivity (Wildman–Crippen MR) is 78.9 cm³/mol. The maximum Gasteiger partial charge on any atom is 0.182 e. The number of nitrogen functional groups attached to an aromatic ring is 1. The molecular weight excluding hydrogens is 269 g/mol. The van der Waals surface area contributed by atoms with Crippen molar-refractivity contribution in [2.45, 2.75) is 45.6 Å². The molecule has 0 bridgehead atoms. The number of nitrogens with zero attached hydrogens (tertiary/aromatic N) is 4. The van der Waals surface area contributed by atoms with Crippen LogP contribution in [-0.4, -0.2) is 20.2 Å². The van der Waals surface area contributed by atoms with Gasteiger partial charge >= 0.3 is 0 Å². The van der Waals surface area contributed by atoms with Gasteiger partial charge in [-0.15, -0.1) is 5.10 Å². The lowest BCUT2D eigenvalue weighted by atomic mass is 9.75. The van der Waals surface area contributed by atoms with Crippen LogP contribution in [0.25, 0.3) is 11.4 Å². The van der Waals surface area contributed by atoms with Crippen molar-refractivity contribution in [2.75, 3.05) is 5.73 Å². The van der Waals surface area contributed by atoms with Crippen molar-refractivity contribution < 1.29 is 4.39 Å². The molecule has 0 aliphatic heterocycles. The second-order valence-electron chi connectivity index (χ2n) is 6.58. The Morgan fingerprint density at radius 2 is 2.00 bits per heavy atom. The Morgan fingerprint density at radius 3 is 2.67 bits per heavy atom. The SMILES string of the molecule is CC1(C)CCC(n2nnnc2-c2ccc(N)c(F)c2)CC1. The summed E-state index contributed by atoms with van der Waals surface area (Å²) < 4.78 is 15.5. The highest BCUT2D eigenvalue weighted by molar-refractivity contribution is 5.59. The normalized spacial score (nSPS) is 18.8. The molecule has 1 fully saturated rings. The van der Waals surface area contributed by atoms with Crippen molar-refractivity contribution in [1.29, 1.82) is 0 Å². The Kier molecular flexibility index (Phi) is 3.39. The summed E-state index contributed by atoms with van der Waals surface area (Å²) in [6.45, 7) is 4.58. The van der Waals surface area contributed by atoms with E-state index in [1.165, 1.54) is 6.07 Å². The molecule has 1 saturated carbocycles. The lowest BCUT2D eigenvalue weighted by molar-refractivity contribution is 0.185. The Bertz CT molecular complexity index is 639. The molecule has 6 heteroatoms. The first-order chi connectivity index (χ1) is 9.96. The van der Waals surface area contributed by atoms with Crippen LogP contribution in [0.5, 0.6) is 0 Å². The van der Waals surface area contributed by atoms with Crippen LogP contribution in [0.1, 0.15) is 45.6 Å². The van der Waals surface area contributed by atoms with Crippen LogP contribution in [0.4, 0.5) is 10.1 Å². The van der Waals surface area contributed by atoms with E-state index in [0.29, 0.717) is 16.8 Å². The third-order valence-corrected chi connectivity index (χ3v) is 4.41. The first-order valence-corrected chi connectivity index (χ1v) is 7.29. The van der Waals surface area contributed by atoms with Crippen LogP contribution >= 0.6 is 0 Å². The van der Waals surface area contributed by atoms with Crippen molar-refractivity contribution in [3.8, 4) is 11.4 Å². The average molecular weight is 289 g/mol. The summed E-state index contributed by atoms with van der Waals surface area (Å²) in [6, 6.07) is 4.98. The van der Waals surface area contributed by atoms with E-state index >= 15 is 0 Å². The number of anilines is 1. The molecule has 112 valence electrons. The number of hydrogen-bond acceptors (Lipinski definition) is 4. The van der Waals surface area contributed by atoms with Crippen molar-refractivity contribution in [3.63, 3.8) is 0 Å². The molecule has 2 N–H and O–H groups in total. The molecular formula is C15H20FN5. The van der Waals surface area contributed by atoms with E-state index in [9.17, 15) is 4.39 Å². The molecule has 2 aromatic rings. The zero-order valence-corrected chi connectivity index (χ0v) is 12.4. The quantitative estimate of drug-likeness (QED) is 0.862. The third kappa shape index (κ3) is 2.75. The third-order valence-electron chi connectivity index (χ3n) is 4.41. The summed E-state index contributed by atoms with van der Waals surface area (Å²) in [6.07, 6.45) is 4.38. The van der Waals surface area contributed by atoms with Crippen LogP contribution in [-0.2, 0) is 0 Å². The molecule has 1 heterocycles. The Hall–Kier alpha value is -1.98. The van der Waals surface area contributed by atoms with Gasteiger partial charge in [-0.1, -0.05) is 13.8 Å². The molecule has 5 nitrogen and oxygen atoms in total. The molecule has 21 heavy (non-hydrogen) atoms. The summed E-state index contributed by atoms with van der Waals surface area (Å²) >= 11 is 0. The maximum atomic E-state index is 13.6. The Morgan fingerprint density at radius 1 is 1.29 bits per heavy atom. The van der Waals surface area contributed by atoms with Gasteiger partial charge in [0, 0.05) is 5.56 Å². The van der Waals surface area contributed by atoms with Crippen LogP contribution in [0.15, 0.2) is 18.2 Å². The second kappa shape index (κ2) is 5.09. The van der Waals surface area contributed by atoms with Gasteiger partial charge in [0.2, 0.25) is 0 Å². The lowest BCUT2D eigenvalue weighted by Gasteiger charge is -2.34. The van der Waals surface area contributed by atoms with Crippen LogP contribution in [0, 0.1) is 11.2 Å². The van der Waals surface area contributed by atoms with Crippen LogP contribution < -0.4 is 5.73 Å².